The van der Waals surface area contributed by atoms with Crippen LogP contribution in [0, 0.1) is 5.82 Å². The minimum Gasteiger partial charge on any atom is -0.311 e. The van der Waals surface area contributed by atoms with E-state index in [1.165, 1.54) is 23.1 Å². The molecule has 25 heavy (non-hydrogen) atoms. The molecular formula is C18H11FN2O3S. The third kappa shape index (κ3) is 2.20. The number of nitrogens with zero attached hydrogens (tertiary/aromatic N) is 2. The first kappa shape index (κ1) is 15.6. The van der Waals surface area contributed by atoms with E-state index < -0.39 is 17.0 Å². The van der Waals surface area contributed by atoms with Gasteiger partial charge in [0.25, 0.3) is 17.1 Å². The fourth-order valence-corrected chi connectivity index (χ4v) is 3.87. The second kappa shape index (κ2) is 5.56. The molecule has 2 aliphatic heterocycles. The average molecular weight is 354 g/mol. The number of hydrogen-bond donors (Lipinski definition) is 0. The molecule has 7 heteroatoms. The Morgan fingerprint density at radius 3 is 2.24 bits per heavy atom. The Bertz CT molecular complexity index is 986. The molecule has 0 N–H and O–H groups in total. The Morgan fingerprint density at radius 2 is 1.52 bits per heavy atom. The van der Waals surface area contributed by atoms with Crippen LogP contribution in [0.5, 0.6) is 0 Å². The van der Waals surface area contributed by atoms with Crippen molar-refractivity contribution in [2.45, 2.75) is 0 Å². The van der Waals surface area contributed by atoms with Gasteiger partial charge in [-0.15, -0.1) is 0 Å². The van der Waals surface area contributed by atoms with Crippen LogP contribution in [0.15, 0.2) is 53.4 Å². The number of amides is 3. The zero-order valence-electron chi connectivity index (χ0n) is 13.0. The number of likely N-dealkylation sites (N-methyl/N-ethyl adjacent to an activating group) is 1. The van der Waals surface area contributed by atoms with Gasteiger partial charge < -0.3 is 4.90 Å². The first-order chi connectivity index (χ1) is 12.0. The lowest BCUT2D eigenvalue weighted by Crippen LogP contribution is -2.29. The highest BCUT2D eigenvalue weighted by Crippen LogP contribution is 2.45. The molecule has 0 atom stereocenters. The molecule has 0 spiro atoms. The molecule has 2 aliphatic rings. The molecule has 3 amide bonds. The van der Waals surface area contributed by atoms with E-state index in [0.717, 1.165) is 4.90 Å². The summed E-state index contributed by atoms with van der Waals surface area (Å²) in [5, 5.41) is -0.627. The van der Waals surface area contributed by atoms with Crippen molar-refractivity contribution in [2.24, 2.45) is 0 Å². The van der Waals surface area contributed by atoms with Gasteiger partial charge in [0.15, 0.2) is 0 Å². The van der Waals surface area contributed by atoms with Crippen molar-refractivity contribution >= 4 is 45.8 Å². The van der Waals surface area contributed by atoms with Gasteiger partial charge in [-0.1, -0.05) is 30.3 Å². The fourth-order valence-electron chi connectivity index (χ4n) is 2.95. The summed E-state index contributed by atoms with van der Waals surface area (Å²) < 4.78 is 14.0. The maximum Gasteiger partial charge on any atom is 0.298 e. The van der Waals surface area contributed by atoms with Crippen LogP contribution in [0.3, 0.4) is 0 Å². The second-order valence-electron chi connectivity index (χ2n) is 5.55. The Kier molecular flexibility index (Phi) is 3.47. The highest BCUT2D eigenvalue weighted by molar-refractivity contribution is 8.19. The fraction of sp³-hybridized carbons (Fsp3) is 0.0556. The molecule has 1 saturated heterocycles. The summed E-state index contributed by atoms with van der Waals surface area (Å²) in [6.07, 6.45) is 0. The zero-order chi connectivity index (χ0) is 17.7. The molecule has 4 rings (SSSR count). The number of rotatable bonds is 1. The quantitative estimate of drug-likeness (QED) is 0.737. The van der Waals surface area contributed by atoms with Gasteiger partial charge in [-0.25, -0.2) is 9.29 Å². The van der Waals surface area contributed by atoms with Crippen molar-refractivity contribution in [1.82, 2.24) is 0 Å². The predicted molar refractivity (Wildman–Crippen MR) is 93.6 cm³/mol. The van der Waals surface area contributed by atoms with E-state index in [4.69, 9.17) is 0 Å². The molecular weight excluding hydrogens is 343 g/mol. The molecule has 0 aliphatic carbocycles. The van der Waals surface area contributed by atoms with E-state index in [2.05, 4.69) is 0 Å². The van der Waals surface area contributed by atoms with Crippen molar-refractivity contribution in [3.63, 3.8) is 0 Å². The minimum absolute atomic E-state index is 0.0232. The molecule has 124 valence electrons. The summed E-state index contributed by atoms with van der Waals surface area (Å²) in [5.41, 5.74) is 1.32. The number of hydrogen-bond acceptors (Lipinski definition) is 4. The van der Waals surface area contributed by atoms with Gasteiger partial charge in [-0.05, 0) is 30.0 Å². The second-order valence-corrected chi connectivity index (χ2v) is 6.51. The van der Waals surface area contributed by atoms with E-state index in [9.17, 15) is 18.8 Å². The van der Waals surface area contributed by atoms with Gasteiger partial charge in [0.1, 0.15) is 5.82 Å². The minimum atomic E-state index is -0.687. The maximum atomic E-state index is 14.0. The van der Waals surface area contributed by atoms with Crippen LogP contribution >= 0.6 is 11.8 Å². The number of halogens is 1. The zero-order valence-corrected chi connectivity index (χ0v) is 13.8. The molecule has 0 bridgehead atoms. The third-order valence-corrected chi connectivity index (χ3v) is 5.08. The average Bonchev–Trinajstić information content (AvgIpc) is 3.03. The SMILES string of the molecule is CN1C(=O)/C(=C2\SC(=O)N(c3ccccc3F)C2=O)c2ccccc21. The summed E-state index contributed by atoms with van der Waals surface area (Å²) in [6, 6.07) is 12.6. The molecule has 2 heterocycles. The third-order valence-electron chi connectivity index (χ3n) is 4.14. The van der Waals surface area contributed by atoms with E-state index in [1.807, 2.05) is 0 Å². The molecule has 0 unspecified atom stereocenters. The normalized spacial score (nSPS) is 19.8. The Balaban J connectivity index is 1.87. The van der Waals surface area contributed by atoms with Crippen LogP contribution in [-0.2, 0) is 9.59 Å². The number of carbonyl (C=O) groups excluding carboxylic acids is 3. The van der Waals surface area contributed by atoms with Gasteiger partial charge in [-0.3, -0.25) is 14.4 Å². The molecule has 0 saturated carbocycles. The number of thioether (sulfide) groups is 1. The summed E-state index contributed by atoms with van der Waals surface area (Å²) >= 11 is 0.655. The van der Waals surface area contributed by atoms with Crippen LogP contribution in [-0.4, -0.2) is 24.1 Å². The number of anilines is 2. The number of carbonyl (C=O) groups is 3. The molecule has 0 aromatic heterocycles. The van der Waals surface area contributed by atoms with Crippen LogP contribution < -0.4 is 9.80 Å². The van der Waals surface area contributed by atoms with Crippen molar-refractivity contribution in [1.29, 1.82) is 0 Å². The molecule has 2 aromatic rings. The van der Waals surface area contributed by atoms with Gasteiger partial charge in [0.2, 0.25) is 0 Å². The molecule has 1 fully saturated rings. The van der Waals surface area contributed by atoms with Crippen LogP contribution in [0.2, 0.25) is 0 Å². The predicted octanol–water partition coefficient (Wildman–Crippen LogP) is 3.41. The highest BCUT2D eigenvalue weighted by Gasteiger charge is 2.43. The van der Waals surface area contributed by atoms with Gasteiger partial charge in [0.05, 0.1) is 21.9 Å². The van der Waals surface area contributed by atoms with Crippen LogP contribution in [0.1, 0.15) is 5.56 Å². The maximum absolute atomic E-state index is 14.0. The number of benzene rings is 2. The van der Waals surface area contributed by atoms with E-state index >= 15 is 0 Å². The van der Waals surface area contributed by atoms with Crippen molar-refractivity contribution < 1.29 is 18.8 Å². The molecule has 5 nitrogen and oxygen atoms in total. The summed E-state index contributed by atoms with van der Waals surface area (Å²) in [4.78, 5) is 40.0. The largest absolute Gasteiger partial charge is 0.311 e. The summed E-state index contributed by atoms with van der Waals surface area (Å²) in [6.45, 7) is 0. The van der Waals surface area contributed by atoms with E-state index in [-0.39, 0.29) is 22.1 Å². The Hall–Kier alpha value is -2.93. The first-order valence-corrected chi connectivity index (χ1v) is 8.25. The first-order valence-electron chi connectivity index (χ1n) is 7.43. The number of para-hydroxylation sites is 2. The summed E-state index contributed by atoms with van der Waals surface area (Å²) in [5.74, 6) is -1.72. The van der Waals surface area contributed by atoms with E-state index in [0.29, 0.717) is 23.0 Å². The van der Waals surface area contributed by atoms with Gasteiger partial charge in [-0.2, -0.15) is 0 Å². The number of imide groups is 1. The molecule has 2 aromatic carbocycles. The van der Waals surface area contributed by atoms with Gasteiger partial charge >= 0.3 is 0 Å². The highest BCUT2D eigenvalue weighted by atomic mass is 32.2. The van der Waals surface area contributed by atoms with Crippen LogP contribution in [0.4, 0.5) is 20.6 Å². The lowest BCUT2D eigenvalue weighted by atomic mass is 10.1. The Labute approximate surface area is 146 Å². The number of fused-ring (bicyclic) bond motifs is 1. The van der Waals surface area contributed by atoms with E-state index in [1.54, 1.807) is 37.4 Å². The van der Waals surface area contributed by atoms with Crippen molar-refractivity contribution in [2.75, 3.05) is 16.8 Å². The smallest absolute Gasteiger partial charge is 0.298 e. The molecule has 0 radical (unpaired) electrons. The van der Waals surface area contributed by atoms with Gasteiger partial charge in [0, 0.05) is 12.6 Å². The van der Waals surface area contributed by atoms with Crippen molar-refractivity contribution in [3.8, 4) is 0 Å². The van der Waals surface area contributed by atoms with Crippen LogP contribution in [0.25, 0.3) is 5.57 Å². The standard InChI is InChI=1S/C18H11FN2O3S/c1-20-12-8-4-2-6-10(12)14(16(20)22)15-17(23)21(18(24)25-15)13-9-5-3-7-11(13)19/h2-9H,1H3/b15-14-. The lowest BCUT2D eigenvalue weighted by Gasteiger charge is -2.13. The monoisotopic (exact) mass is 354 g/mol. The summed E-state index contributed by atoms with van der Waals surface area (Å²) in [7, 11) is 1.61. The lowest BCUT2D eigenvalue weighted by molar-refractivity contribution is -0.115. The Morgan fingerprint density at radius 1 is 0.880 bits per heavy atom. The topological polar surface area (TPSA) is 57.7 Å². The van der Waals surface area contributed by atoms with Crippen molar-refractivity contribution in [3.05, 3.63) is 64.8 Å².